The molecular weight excluding hydrogens is 124 g/mol. The van der Waals surface area contributed by atoms with Gasteiger partial charge in [-0.15, -0.1) is 0 Å². The summed E-state index contributed by atoms with van der Waals surface area (Å²) in [6.07, 6.45) is 7.22. The van der Waals surface area contributed by atoms with E-state index in [0.717, 1.165) is 0 Å². The molecule has 1 heteroatoms. The first-order chi connectivity index (χ1) is 4.70. The maximum atomic E-state index is 10.7. The van der Waals surface area contributed by atoms with Crippen molar-refractivity contribution in [3.05, 3.63) is 24.3 Å². The van der Waals surface area contributed by atoms with Gasteiger partial charge in [0.2, 0.25) is 0 Å². The van der Waals surface area contributed by atoms with Gasteiger partial charge in [0.05, 0.1) is 0 Å². The van der Waals surface area contributed by atoms with E-state index < -0.39 is 0 Å². The first-order valence-electron chi connectivity index (χ1n) is 3.60. The Labute approximate surface area is 61.4 Å². The maximum Gasteiger partial charge on any atom is 0.178 e. The Morgan fingerprint density at radius 3 is 2.20 bits per heavy atom. The maximum absolute atomic E-state index is 10.7. The lowest BCUT2D eigenvalue weighted by Gasteiger charge is -2.13. The number of carbonyl (C=O) groups excluding carboxylic acids is 1. The smallest absolute Gasteiger partial charge is 0.178 e. The fourth-order valence-electron chi connectivity index (χ4n) is 0.976. The van der Waals surface area contributed by atoms with Crippen LogP contribution in [-0.2, 0) is 4.79 Å². The highest BCUT2D eigenvalue weighted by Gasteiger charge is 2.09. The van der Waals surface area contributed by atoms with Crippen molar-refractivity contribution in [2.75, 3.05) is 0 Å². The van der Waals surface area contributed by atoms with Gasteiger partial charge in [-0.2, -0.15) is 0 Å². The largest absolute Gasteiger partial charge is 0.290 e. The molecule has 0 aromatic carbocycles. The molecule has 0 heterocycles. The Balaban J connectivity index is 2.62. The molecule has 1 rings (SSSR count). The molecule has 10 heavy (non-hydrogen) atoms. The summed E-state index contributed by atoms with van der Waals surface area (Å²) >= 11 is 0. The molecule has 0 aromatic heterocycles. The van der Waals surface area contributed by atoms with Gasteiger partial charge in [0.15, 0.2) is 5.78 Å². The molecule has 0 saturated carbocycles. The van der Waals surface area contributed by atoms with Crippen molar-refractivity contribution in [1.29, 1.82) is 0 Å². The van der Waals surface area contributed by atoms with Gasteiger partial charge in [-0.25, -0.2) is 0 Å². The minimum atomic E-state index is 0.108. The van der Waals surface area contributed by atoms with Crippen molar-refractivity contribution >= 4 is 5.78 Å². The fourth-order valence-corrected chi connectivity index (χ4v) is 0.976. The zero-order chi connectivity index (χ0) is 7.56. The minimum absolute atomic E-state index is 0.108. The van der Waals surface area contributed by atoms with E-state index in [1.54, 1.807) is 12.2 Å². The zero-order valence-electron chi connectivity index (χ0n) is 6.37. The lowest BCUT2D eigenvalue weighted by molar-refractivity contribution is -0.110. The van der Waals surface area contributed by atoms with E-state index in [1.165, 1.54) is 0 Å². The second kappa shape index (κ2) is 2.82. The lowest BCUT2D eigenvalue weighted by Crippen LogP contribution is -2.06. The third kappa shape index (κ3) is 1.56. The van der Waals surface area contributed by atoms with Crippen LogP contribution >= 0.6 is 0 Å². The van der Waals surface area contributed by atoms with Crippen LogP contribution in [0.25, 0.3) is 0 Å². The topological polar surface area (TPSA) is 17.1 Å². The summed E-state index contributed by atoms with van der Waals surface area (Å²) in [7, 11) is 0. The molecule has 0 fully saturated rings. The molecule has 0 aromatic rings. The van der Waals surface area contributed by atoms with Gasteiger partial charge in [-0.05, 0) is 24.0 Å². The molecular formula is C9H12O. The Bertz CT molecular complexity index is 171. The normalized spacial score (nSPS) is 18.9. The van der Waals surface area contributed by atoms with Crippen LogP contribution in [0.3, 0.4) is 0 Å². The average molecular weight is 136 g/mol. The molecule has 0 spiro atoms. The third-order valence-corrected chi connectivity index (χ3v) is 1.74. The Hall–Kier alpha value is -0.850. The van der Waals surface area contributed by atoms with E-state index in [-0.39, 0.29) is 5.78 Å². The SMILES string of the molecule is CC(C)C1C=CC(=O)C=C1. The number of ketones is 1. The second-order valence-electron chi connectivity index (χ2n) is 2.94. The first-order valence-corrected chi connectivity index (χ1v) is 3.60. The van der Waals surface area contributed by atoms with E-state index in [2.05, 4.69) is 13.8 Å². The monoisotopic (exact) mass is 136 g/mol. The third-order valence-electron chi connectivity index (χ3n) is 1.74. The van der Waals surface area contributed by atoms with Crippen molar-refractivity contribution in [2.24, 2.45) is 11.8 Å². The standard InChI is InChI=1S/C9H12O/c1-7(2)8-3-5-9(10)6-4-8/h3-8H,1-2H3. The molecule has 1 nitrogen and oxygen atoms in total. The molecule has 0 aliphatic heterocycles. The first kappa shape index (κ1) is 7.26. The van der Waals surface area contributed by atoms with E-state index in [0.29, 0.717) is 11.8 Å². The molecule has 1 aliphatic carbocycles. The predicted molar refractivity (Wildman–Crippen MR) is 41.6 cm³/mol. The van der Waals surface area contributed by atoms with Gasteiger partial charge in [-0.3, -0.25) is 4.79 Å². The summed E-state index contributed by atoms with van der Waals surface area (Å²) in [5, 5.41) is 0. The van der Waals surface area contributed by atoms with E-state index in [1.807, 2.05) is 12.2 Å². The quantitative estimate of drug-likeness (QED) is 0.538. The summed E-state index contributed by atoms with van der Waals surface area (Å²) in [6, 6.07) is 0. The second-order valence-corrected chi connectivity index (χ2v) is 2.94. The highest BCUT2D eigenvalue weighted by Crippen LogP contribution is 2.16. The zero-order valence-corrected chi connectivity index (χ0v) is 6.37. The van der Waals surface area contributed by atoms with Gasteiger partial charge < -0.3 is 0 Å². The summed E-state index contributed by atoms with van der Waals surface area (Å²) in [6.45, 7) is 4.30. The van der Waals surface area contributed by atoms with Crippen LogP contribution in [0.4, 0.5) is 0 Å². The average Bonchev–Trinajstić information content (AvgIpc) is 1.88. The van der Waals surface area contributed by atoms with Crippen molar-refractivity contribution in [1.82, 2.24) is 0 Å². The highest BCUT2D eigenvalue weighted by atomic mass is 16.1. The van der Waals surface area contributed by atoms with Gasteiger partial charge in [0, 0.05) is 0 Å². The summed E-state index contributed by atoms with van der Waals surface area (Å²) in [5.41, 5.74) is 0. The molecule has 54 valence electrons. The molecule has 0 atom stereocenters. The Morgan fingerprint density at radius 1 is 1.30 bits per heavy atom. The summed E-state index contributed by atoms with van der Waals surface area (Å²) in [4.78, 5) is 10.7. The number of carbonyl (C=O) groups is 1. The number of allylic oxidation sites excluding steroid dienone is 4. The molecule has 0 bridgehead atoms. The van der Waals surface area contributed by atoms with Crippen LogP contribution in [0.1, 0.15) is 13.8 Å². The molecule has 0 N–H and O–H groups in total. The van der Waals surface area contributed by atoms with Crippen LogP contribution in [0.2, 0.25) is 0 Å². The number of hydrogen-bond donors (Lipinski definition) is 0. The van der Waals surface area contributed by atoms with Gasteiger partial charge in [-0.1, -0.05) is 26.0 Å². The Kier molecular flexibility index (Phi) is 2.05. The minimum Gasteiger partial charge on any atom is -0.290 e. The van der Waals surface area contributed by atoms with Crippen molar-refractivity contribution in [3.63, 3.8) is 0 Å². The predicted octanol–water partition coefficient (Wildman–Crippen LogP) is 1.95. The van der Waals surface area contributed by atoms with Crippen LogP contribution in [0, 0.1) is 11.8 Å². The number of hydrogen-bond acceptors (Lipinski definition) is 1. The molecule has 1 aliphatic rings. The van der Waals surface area contributed by atoms with Crippen LogP contribution in [-0.4, -0.2) is 5.78 Å². The van der Waals surface area contributed by atoms with Gasteiger partial charge in [0.25, 0.3) is 0 Å². The van der Waals surface area contributed by atoms with Crippen molar-refractivity contribution in [2.45, 2.75) is 13.8 Å². The molecule has 0 radical (unpaired) electrons. The highest BCUT2D eigenvalue weighted by molar-refractivity contribution is 6.00. The van der Waals surface area contributed by atoms with E-state index in [9.17, 15) is 4.79 Å². The Morgan fingerprint density at radius 2 is 1.80 bits per heavy atom. The lowest BCUT2D eigenvalue weighted by atomic mass is 9.92. The van der Waals surface area contributed by atoms with E-state index in [4.69, 9.17) is 0 Å². The fraction of sp³-hybridized carbons (Fsp3) is 0.444. The van der Waals surface area contributed by atoms with Crippen LogP contribution < -0.4 is 0 Å². The molecule has 0 unspecified atom stereocenters. The van der Waals surface area contributed by atoms with Gasteiger partial charge >= 0.3 is 0 Å². The van der Waals surface area contributed by atoms with Crippen molar-refractivity contribution in [3.8, 4) is 0 Å². The summed E-state index contributed by atoms with van der Waals surface area (Å²) in [5.74, 6) is 1.16. The molecule has 0 saturated heterocycles. The van der Waals surface area contributed by atoms with Crippen LogP contribution in [0.5, 0.6) is 0 Å². The van der Waals surface area contributed by atoms with Crippen molar-refractivity contribution < 1.29 is 4.79 Å². The number of rotatable bonds is 1. The molecule has 0 amide bonds. The van der Waals surface area contributed by atoms with E-state index >= 15 is 0 Å². The van der Waals surface area contributed by atoms with Crippen LogP contribution in [0.15, 0.2) is 24.3 Å². The van der Waals surface area contributed by atoms with Gasteiger partial charge in [0.1, 0.15) is 0 Å². The summed E-state index contributed by atoms with van der Waals surface area (Å²) < 4.78 is 0.